The molecule has 0 aromatic heterocycles. The Balaban J connectivity index is 1.64. The fourth-order valence-electron chi connectivity index (χ4n) is 2.41. The molecular formula is C17H16ClNO2. The van der Waals surface area contributed by atoms with Gasteiger partial charge in [0.05, 0.1) is 12.8 Å². The molecule has 2 aromatic carbocycles. The number of oxime groups is 1. The lowest BCUT2D eigenvalue weighted by Crippen LogP contribution is -2.11. The van der Waals surface area contributed by atoms with E-state index >= 15 is 0 Å². The number of halogens is 1. The van der Waals surface area contributed by atoms with Gasteiger partial charge in [-0.05, 0) is 35.4 Å². The summed E-state index contributed by atoms with van der Waals surface area (Å²) in [6.07, 6.45) is 1.69. The van der Waals surface area contributed by atoms with Crippen LogP contribution in [0.5, 0.6) is 5.75 Å². The molecule has 1 unspecified atom stereocenters. The van der Waals surface area contributed by atoms with Crippen molar-refractivity contribution in [2.24, 2.45) is 5.16 Å². The Morgan fingerprint density at radius 1 is 1.24 bits per heavy atom. The second-order valence-corrected chi connectivity index (χ2v) is 5.47. The van der Waals surface area contributed by atoms with Gasteiger partial charge in [0.15, 0.2) is 0 Å². The summed E-state index contributed by atoms with van der Waals surface area (Å²) in [5.41, 5.74) is 3.22. The molecule has 1 atom stereocenters. The quantitative estimate of drug-likeness (QED) is 0.852. The molecule has 0 bridgehead atoms. The summed E-state index contributed by atoms with van der Waals surface area (Å²) in [6, 6.07) is 15.7. The number of benzene rings is 2. The Labute approximate surface area is 129 Å². The normalized spacial score (nSPS) is 17.2. The smallest absolute Gasteiger partial charge is 0.137 e. The highest BCUT2D eigenvalue weighted by molar-refractivity contribution is 6.30. The maximum atomic E-state index is 5.90. The van der Waals surface area contributed by atoms with Crippen LogP contribution in [0.4, 0.5) is 0 Å². The van der Waals surface area contributed by atoms with Gasteiger partial charge in [-0.2, -0.15) is 0 Å². The van der Waals surface area contributed by atoms with E-state index in [1.807, 2.05) is 42.5 Å². The highest BCUT2D eigenvalue weighted by Gasteiger charge is 2.22. The van der Waals surface area contributed by atoms with Gasteiger partial charge in [0, 0.05) is 17.9 Å². The molecule has 3 nitrogen and oxygen atoms in total. The first-order valence-electron chi connectivity index (χ1n) is 6.86. The first kappa shape index (κ1) is 14.0. The molecule has 2 aromatic rings. The topological polar surface area (TPSA) is 30.8 Å². The van der Waals surface area contributed by atoms with Crippen LogP contribution in [-0.2, 0) is 11.3 Å². The summed E-state index contributed by atoms with van der Waals surface area (Å²) in [4.78, 5) is 5.54. The molecule has 0 saturated heterocycles. The average molecular weight is 302 g/mol. The zero-order valence-electron chi connectivity index (χ0n) is 11.8. The molecule has 0 fully saturated rings. The second kappa shape index (κ2) is 6.19. The molecule has 0 saturated carbocycles. The van der Waals surface area contributed by atoms with E-state index in [9.17, 15) is 0 Å². The van der Waals surface area contributed by atoms with Gasteiger partial charge >= 0.3 is 0 Å². The molecule has 1 aliphatic heterocycles. The van der Waals surface area contributed by atoms with Crippen LogP contribution in [-0.4, -0.2) is 18.9 Å². The average Bonchev–Trinajstić information content (AvgIpc) is 2.96. The third-order valence-corrected chi connectivity index (χ3v) is 3.76. The van der Waals surface area contributed by atoms with E-state index < -0.39 is 0 Å². The Morgan fingerprint density at radius 2 is 2.05 bits per heavy atom. The maximum Gasteiger partial charge on any atom is 0.137 e. The third kappa shape index (κ3) is 3.37. The summed E-state index contributed by atoms with van der Waals surface area (Å²) in [6.45, 7) is 0. The van der Waals surface area contributed by atoms with Crippen LogP contribution in [0.25, 0.3) is 0 Å². The molecule has 0 amide bonds. The van der Waals surface area contributed by atoms with Gasteiger partial charge in [0.25, 0.3) is 0 Å². The Morgan fingerprint density at radius 3 is 2.81 bits per heavy atom. The molecular weight excluding hydrogens is 286 g/mol. The number of rotatable bonds is 4. The van der Waals surface area contributed by atoms with Crippen molar-refractivity contribution >= 4 is 17.3 Å². The van der Waals surface area contributed by atoms with E-state index in [4.69, 9.17) is 21.2 Å². The van der Waals surface area contributed by atoms with E-state index in [2.05, 4.69) is 11.2 Å². The van der Waals surface area contributed by atoms with E-state index in [1.165, 1.54) is 5.56 Å². The molecule has 3 rings (SSSR count). The standard InChI is InChI=1S/C17H16ClNO2/c1-20-15-4-2-3-12(9-15)10-16-11-17(19-21-16)13-5-7-14(18)8-6-13/h2-9,16H,10-11H2,1H3. The first-order valence-corrected chi connectivity index (χ1v) is 7.24. The lowest BCUT2D eigenvalue weighted by atomic mass is 10.0. The Hall–Kier alpha value is -2.00. The Kier molecular flexibility index (Phi) is 4.11. The number of hydrogen-bond donors (Lipinski definition) is 0. The summed E-state index contributed by atoms with van der Waals surface area (Å²) in [7, 11) is 1.67. The number of hydrogen-bond acceptors (Lipinski definition) is 3. The molecule has 108 valence electrons. The first-order chi connectivity index (χ1) is 10.2. The maximum absolute atomic E-state index is 5.90. The van der Waals surface area contributed by atoms with Crippen LogP contribution in [0.1, 0.15) is 17.5 Å². The van der Waals surface area contributed by atoms with Gasteiger partial charge in [0.1, 0.15) is 11.9 Å². The van der Waals surface area contributed by atoms with Crippen LogP contribution >= 0.6 is 11.6 Å². The fraction of sp³-hybridized carbons (Fsp3) is 0.235. The summed E-state index contributed by atoms with van der Waals surface area (Å²) in [5, 5.41) is 4.93. The van der Waals surface area contributed by atoms with Crippen molar-refractivity contribution in [3.8, 4) is 5.75 Å². The van der Waals surface area contributed by atoms with Crippen molar-refractivity contribution < 1.29 is 9.57 Å². The third-order valence-electron chi connectivity index (χ3n) is 3.51. The minimum absolute atomic E-state index is 0.0720. The highest BCUT2D eigenvalue weighted by atomic mass is 35.5. The van der Waals surface area contributed by atoms with Crippen molar-refractivity contribution in [2.75, 3.05) is 7.11 Å². The lowest BCUT2D eigenvalue weighted by Gasteiger charge is -2.09. The van der Waals surface area contributed by atoms with E-state index in [0.717, 1.165) is 34.9 Å². The SMILES string of the molecule is COc1cccc(CC2CC(c3ccc(Cl)cc3)=NO2)c1. The van der Waals surface area contributed by atoms with E-state index in [1.54, 1.807) is 7.11 Å². The molecule has 4 heteroatoms. The Bertz CT molecular complexity index is 652. The highest BCUT2D eigenvalue weighted by Crippen LogP contribution is 2.22. The summed E-state index contributed by atoms with van der Waals surface area (Å²) >= 11 is 5.90. The van der Waals surface area contributed by atoms with Crippen LogP contribution in [0.2, 0.25) is 5.02 Å². The molecule has 1 aliphatic rings. The van der Waals surface area contributed by atoms with Crippen molar-refractivity contribution in [1.29, 1.82) is 0 Å². The minimum atomic E-state index is 0.0720. The van der Waals surface area contributed by atoms with Gasteiger partial charge in [-0.15, -0.1) is 0 Å². The molecule has 21 heavy (non-hydrogen) atoms. The number of ether oxygens (including phenoxy) is 1. The minimum Gasteiger partial charge on any atom is -0.497 e. The van der Waals surface area contributed by atoms with Crippen molar-refractivity contribution in [3.05, 3.63) is 64.7 Å². The summed E-state index contributed by atoms with van der Waals surface area (Å²) < 4.78 is 5.24. The predicted octanol–water partition coefficient (Wildman–Crippen LogP) is 4.08. The monoisotopic (exact) mass is 301 g/mol. The van der Waals surface area contributed by atoms with Gasteiger partial charge < -0.3 is 9.57 Å². The van der Waals surface area contributed by atoms with Crippen molar-refractivity contribution in [3.63, 3.8) is 0 Å². The van der Waals surface area contributed by atoms with Gasteiger partial charge in [-0.25, -0.2) is 0 Å². The molecule has 0 radical (unpaired) electrons. The largest absolute Gasteiger partial charge is 0.497 e. The lowest BCUT2D eigenvalue weighted by molar-refractivity contribution is 0.0859. The van der Waals surface area contributed by atoms with Gasteiger partial charge in [-0.1, -0.05) is 41.0 Å². The van der Waals surface area contributed by atoms with Crippen molar-refractivity contribution in [2.45, 2.75) is 18.9 Å². The number of methoxy groups -OCH3 is 1. The van der Waals surface area contributed by atoms with E-state index in [-0.39, 0.29) is 6.10 Å². The van der Waals surface area contributed by atoms with E-state index in [0.29, 0.717) is 0 Å². The van der Waals surface area contributed by atoms with Crippen LogP contribution in [0.3, 0.4) is 0 Å². The number of nitrogens with zero attached hydrogens (tertiary/aromatic N) is 1. The second-order valence-electron chi connectivity index (χ2n) is 5.03. The fourth-order valence-corrected chi connectivity index (χ4v) is 2.54. The van der Waals surface area contributed by atoms with Crippen LogP contribution in [0, 0.1) is 0 Å². The molecule has 0 spiro atoms. The van der Waals surface area contributed by atoms with Crippen molar-refractivity contribution in [1.82, 2.24) is 0 Å². The zero-order chi connectivity index (χ0) is 14.7. The van der Waals surface area contributed by atoms with Gasteiger partial charge in [0.2, 0.25) is 0 Å². The molecule has 0 aliphatic carbocycles. The predicted molar refractivity (Wildman–Crippen MR) is 84.2 cm³/mol. The van der Waals surface area contributed by atoms with Crippen LogP contribution < -0.4 is 4.74 Å². The zero-order valence-corrected chi connectivity index (χ0v) is 12.5. The van der Waals surface area contributed by atoms with Gasteiger partial charge in [-0.3, -0.25) is 0 Å². The molecule has 0 N–H and O–H groups in total. The summed E-state index contributed by atoms with van der Waals surface area (Å²) in [5.74, 6) is 0.865. The van der Waals surface area contributed by atoms with Crippen LogP contribution in [0.15, 0.2) is 53.7 Å². The molecule has 1 heterocycles.